The lowest BCUT2D eigenvalue weighted by atomic mass is 10.1. The third-order valence-corrected chi connectivity index (χ3v) is 5.91. The number of para-hydroxylation sites is 2. The number of carbonyl (C=O) groups excluding carboxylic acids is 1. The van der Waals surface area contributed by atoms with E-state index in [1.165, 1.54) is 0 Å². The van der Waals surface area contributed by atoms with Gasteiger partial charge >= 0.3 is 0 Å². The Balaban J connectivity index is 1.58. The van der Waals surface area contributed by atoms with Crippen LogP contribution in [-0.2, 0) is 0 Å². The summed E-state index contributed by atoms with van der Waals surface area (Å²) in [6, 6.07) is 13.8. The molecule has 0 bridgehead atoms. The average molecular weight is 442 g/mol. The molecule has 0 saturated carbocycles. The molecule has 1 aliphatic rings. The summed E-state index contributed by atoms with van der Waals surface area (Å²) in [7, 11) is 0. The van der Waals surface area contributed by atoms with Crippen LogP contribution in [0.3, 0.4) is 0 Å². The summed E-state index contributed by atoms with van der Waals surface area (Å²) in [5.41, 5.74) is 3.44. The molecule has 0 aliphatic carbocycles. The summed E-state index contributed by atoms with van der Waals surface area (Å²) >= 11 is 3.48. The fourth-order valence-corrected chi connectivity index (χ4v) is 4.11. The Labute approximate surface area is 173 Å². The van der Waals surface area contributed by atoms with Gasteiger partial charge in [0.25, 0.3) is 5.91 Å². The quantitative estimate of drug-likeness (QED) is 0.625. The van der Waals surface area contributed by atoms with Gasteiger partial charge in [0, 0.05) is 41.6 Å². The summed E-state index contributed by atoms with van der Waals surface area (Å²) in [6.07, 6.45) is 0. The largest absolute Gasteiger partial charge is 0.451 e. The smallest absolute Gasteiger partial charge is 0.291 e. The maximum atomic E-state index is 13.0. The van der Waals surface area contributed by atoms with Gasteiger partial charge in [-0.25, -0.2) is 0 Å². The van der Waals surface area contributed by atoms with E-state index in [0.717, 1.165) is 65.1 Å². The Hall–Kier alpha value is -2.31. The van der Waals surface area contributed by atoms with Crippen molar-refractivity contribution >= 4 is 44.2 Å². The lowest BCUT2D eigenvalue weighted by Gasteiger charge is -2.36. The molecule has 0 radical (unpaired) electrons. The molecule has 146 valence electrons. The van der Waals surface area contributed by atoms with E-state index in [4.69, 9.17) is 4.42 Å². The predicted molar refractivity (Wildman–Crippen MR) is 117 cm³/mol. The first-order valence-electron chi connectivity index (χ1n) is 9.63. The monoisotopic (exact) mass is 441 g/mol. The van der Waals surface area contributed by atoms with Crippen LogP contribution < -0.4 is 10.2 Å². The van der Waals surface area contributed by atoms with Crippen molar-refractivity contribution in [2.75, 3.05) is 42.9 Å². The Morgan fingerprint density at radius 2 is 1.89 bits per heavy atom. The van der Waals surface area contributed by atoms with Crippen LogP contribution in [0.1, 0.15) is 23.0 Å². The zero-order valence-electron chi connectivity index (χ0n) is 16.2. The van der Waals surface area contributed by atoms with Crippen molar-refractivity contribution in [1.82, 2.24) is 4.90 Å². The highest BCUT2D eigenvalue weighted by molar-refractivity contribution is 9.10. The van der Waals surface area contributed by atoms with Gasteiger partial charge in [-0.05, 0) is 43.8 Å². The fraction of sp³-hybridized carbons (Fsp3) is 0.318. The molecule has 1 fully saturated rings. The Bertz CT molecular complexity index is 1010. The van der Waals surface area contributed by atoms with Crippen molar-refractivity contribution in [2.45, 2.75) is 13.8 Å². The van der Waals surface area contributed by atoms with Gasteiger partial charge in [-0.15, -0.1) is 0 Å². The van der Waals surface area contributed by atoms with Crippen LogP contribution in [0.4, 0.5) is 11.4 Å². The zero-order valence-corrected chi connectivity index (χ0v) is 17.8. The molecule has 4 rings (SSSR count). The molecule has 1 aliphatic heterocycles. The highest BCUT2D eigenvalue weighted by Crippen LogP contribution is 2.31. The molecule has 2 aromatic carbocycles. The molecule has 0 unspecified atom stereocenters. The number of anilines is 2. The number of nitrogens with one attached hydrogen (secondary N) is 1. The van der Waals surface area contributed by atoms with E-state index in [0.29, 0.717) is 5.76 Å². The number of piperazine rings is 1. The van der Waals surface area contributed by atoms with E-state index >= 15 is 0 Å². The summed E-state index contributed by atoms with van der Waals surface area (Å²) in [6.45, 7) is 9.18. The summed E-state index contributed by atoms with van der Waals surface area (Å²) in [5.74, 6) is 0.142. The second kappa shape index (κ2) is 7.97. The van der Waals surface area contributed by atoms with E-state index in [-0.39, 0.29) is 5.91 Å². The topological polar surface area (TPSA) is 48.7 Å². The Kier molecular flexibility index (Phi) is 5.42. The molecule has 1 N–H and O–H groups in total. The number of halogens is 1. The third-order valence-electron chi connectivity index (χ3n) is 5.42. The van der Waals surface area contributed by atoms with Gasteiger partial charge in [0.15, 0.2) is 5.76 Å². The van der Waals surface area contributed by atoms with Crippen molar-refractivity contribution in [1.29, 1.82) is 0 Å². The molecule has 3 aromatic rings. The van der Waals surface area contributed by atoms with Gasteiger partial charge in [-0.1, -0.05) is 35.0 Å². The minimum Gasteiger partial charge on any atom is -0.451 e. The number of carbonyl (C=O) groups is 1. The van der Waals surface area contributed by atoms with Crippen LogP contribution in [0.5, 0.6) is 0 Å². The van der Waals surface area contributed by atoms with E-state index < -0.39 is 0 Å². The minimum absolute atomic E-state index is 0.218. The lowest BCUT2D eigenvalue weighted by molar-refractivity contribution is 0.0998. The molecule has 1 aromatic heterocycles. The number of furan rings is 1. The SMILES string of the molecule is CCN1CCN(c2ccccc2NC(=O)c2oc3ccc(Br)cc3c2C)CC1. The second-order valence-electron chi connectivity index (χ2n) is 7.09. The van der Waals surface area contributed by atoms with Crippen LogP contribution >= 0.6 is 15.9 Å². The molecule has 2 heterocycles. The van der Waals surface area contributed by atoms with Crippen molar-refractivity contribution in [2.24, 2.45) is 0 Å². The van der Waals surface area contributed by atoms with Gasteiger partial charge in [-0.2, -0.15) is 0 Å². The van der Waals surface area contributed by atoms with Gasteiger partial charge in [0.2, 0.25) is 0 Å². The van der Waals surface area contributed by atoms with E-state index in [1.54, 1.807) is 0 Å². The van der Waals surface area contributed by atoms with E-state index in [2.05, 4.69) is 44.0 Å². The van der Waals surface area contributed by atoms with Crippen molar-refractivity contribution < 1.29 is 9.21 Å². The number of rotatable bonds is 4. The first-order valence-corrected chi connectivity index (χ1v) is 10.4. The summed E-state index contributed by atoms with van der Waals surface area (Å²) < 4.78 is 6.81. The normalized spacial score (nSPS) is 15.2. The van der Waals surface area contributed by atoms with Gasteiger partial charge in [-0.3, -0.25) is 4.79 Å². The number of fused-ring (bicyclic) bond motifs is 1. The number of amides is 1. The summed E-state index contributed by atoms with van der Waals surface area (Å²) in [4.78, 5) is 17.8. The minimum atomic E-state index is -0.218. The standard InChI is InChI=1S/C22H24BrN3O2/c1-3-25-10-12-26(13-11-25)19-7-5-4-6-18(19)24-22(27)21-15(2)17-14-16(23)8-9-20(17)28-21/h4-9,14H,3,10-13H2,1-2H3,(H,24,27). The van der Waals surface area contributed by atoms with Crippen molar-refractivity contribution in [3.05, 3.63) is 58.3 Å². The van der Waals surface area contributed by atoms with Crippen molar-refractivity contribution in [3.63, 3.8) is 0 Å². The van der Waals surface area contributed by atoms with Gasteiger partial charge < -0.3 is 19.5 Å². The molecule has 1 saturated heterocycles. The van der Waals surface area contributed by atoms with E-state index in [1.807, 2.05) is 43.3 Å². The van der Waals surface area contributed by atoms with E-state index in [9.17, 15) is 4.79 Å². The number of hydrogen-bond acceptors (Lipinski definition) is 4. The zero-order chi connectivity index (χ0) is 19.7. The molecule has 28 heavy (non-hydrogen) atoms. The molecule has 0 spiro atoms. The second-order valence-corrected chi connectivity index (χ2v) is 8.00. The highest BCUT2D eigenvalue weighted by Gasteiger charge is 2.22. The number of hydrogen-bond donors (Lipinski definition) is 1. The summed E-state index contributed by atoms with van der Waals surface area (Å²) in [5, 5.41) is 4.01. The van der Waals surface area contributed by atoms with Crippen LogP contribution in [0, 0.1) is 6.92 Å². The average Bonchev–Trinajstić information content (AvgIpc) is 3.05. The Morgan fingerprint density at radius 1 is 1.14 bits per heavy atom. The molecule has 5 nitrogen and oxygen atoms in total. The maximum Gasteiger partial charge on any atom is 0.291 e. The molecule has 6 heteroatoms. The third kappa shape index (κ3) is 3.66. The highest BCUT2D eigenvalue weighted by atomic mass is 79.9. The molecule has 0 atom stereocenters. The number of likely N-dealkylation sites (N-methyl/N-ethyl adjacent to an activating group) is 1. The fourth-order valence-electron chi connectivity index (χ4n) is 3.75. The van der Waals surface area contributed by atoms with Crippen LogP contribution in [0.2, 0.25) is 0 Å². The maximum absolute atomic E-state index is 13.0. The van der Waals surface area contributed by atoms with Crippen LogP contribution in [0.15, 0.2) is 51.4 Å². The van der Waals surface area contributed by atoms with Gasteiger partial charge in [0.1, 0.15) is 5.58 Å². The van der Waals surface area contributed by atoms with Crippen molar-refractivity contribution in [3.8, 4) is 0 Å². The molecular weight excluding hydrogens is 418 g/mol. The van der Waals surface area contributed by atoms with Crippen LogP contribution in [-0.4, -0.2) is 43.5 Å². The number of nitrogens with zero attached hydrogens (tertiary/aromatic N) is 2. The van der Waals surface area contributed by atoms with Gasteiger partial charge in [0.05, 0.1) is 11.4 Å². The Morgan fingerprint density at radius 3 is 2.64 bits per heavy atom. The lowest BCUT2D eigenvalue weighted by Crippen LogP contribution is -2.46. The molecular formula is C22H24BrN3O2. The number of aryl methyl sites for hydroxylation is 1. The van der Waals surface area contributed by atoms with Crippen LogP contribution in [0.25, 0.3) is 11.0 Å². The predicted octanol–water partition coefficient (Wildman–Crippen LogP) is 4.90. The first-order chi connectivity index (χ1) is 13.6. The molecule has 1 amide bonds. The number of benzene rings is 2. The first kappa shape index (κ1) is 19.0.